The van der Waals surface area contributed by atoms with Crippen LogP contribution in [-0.4, -0.2) is 163 Å². The molecule has 244 valence electrons. The van der Waals surface area contributed by atoms with Crippen molar-refractivity contribution in [3.63, 3.8) is 0 Å². The molecule has 0 bridgehead atoms. The highest BCUT2D eigenvalue weighted by Crippen LogP contribution is 2.21. The molecule has 2 aliphatic heterocycles. The maximum absolute atomic E-state index is 11.9. The zero-order chi connectivity index (χ0) is 32.3. The lowest BCUT2D eigenvalue weighted by Crippen LogP contribution is -2.65. The van der Waals surface area contributed by atoms with Crippen molar-refractivity contribution in [1.29, 1.82) is 0 Å². The molecule has 0 spiro atoms. The van der Waals surface area contributed by atoms with Gasteiger partial charge in [0.25, 0.3) is 0 Å². The Morgan fingerprint density at radius 1 is 0.643 bits per heavy atom. The molecule has 2 aliphatic rings. The van der Waals surface area contributed by atoms with E-state index in [1.54, 1.807) is 0 Å². The number of aliphatic hydroxyl groups excluding tert-OH is 8. The van der Waals surface area contributed by atoms with Crippen molar-refractivity contribution in [1.82, 2.24) is 21.3 Å². The van der Waals surface area contributed by atoms with Crippen LogP contribution in [0.5, 0.6) is 0 Å². The van der Waals surface area contributed by atoms with Gasteiger partial charge in [-0.05, 0) is 0 Å². The summed E-state index contributed by atoms with van der Waals surface area (Å²) in [5.74, 6) is -2.25. The number of amides is 4. The second-order valence-corrected chi connectivity index (χ2v) is 10.1. The standard InChI is InChI=1S/2C11H20N2O7S/c2*1-4(15)12-5(3-21)10(18)13-7-9(17)8(16)6(2-14)20-11(7)19/h2*5-9,11,14,16-17,19,21H,2-3H2,1H3,(H,12,15)(H,13,18)/t5?,6?,7?,8-,9+,11?;5?,6?,7?,8-,9-,11?/m01/s1. The van der Waals surface area contributed by atoms with Crippen LogP contribution in [0.1, 0.15) is 13.8 Å². The van der Waals surface area contributed by atoms with Gasteiger partial charge in [-0.15, -0.1) is 0 Å². The molecule has 0 saturated carbocycles. The van der Waals surface area contributed by atoms with Crippen molar-refractivity contribution >= 4 is 48.9 Å². The van der Waals surface area contributed by atoms with Gasteiger partial charge in [-0.2, -0.15) is 25.3 Å². The van der Waals surface area contributed by atoms with Gasteiger partial charge < -0.3 is 71.6 Å². The number of nitrogens with one attached hydrogen (secondary N) is 4. The molecule has 18 nitrogen and oxygen atoms in total. The van der Waals surface area contributed by atoms with Crippen LogP contribution in [0.25, 0.3) is 0 Å². The third-order valence-electron chi connectivity index (χ3n) is 6.17. The number of rotatable bonds is 10. The highest BCUT2D eigenvalue weighted by atomic mass is 32.1. The minimum Gasteiger partial charge on any atom is -0.394 e. The minimum atomic E-state index is -1.61. The fraction of sp³-hybridized carbons (Fsp3) is 0.818. The second kappa shape index (κ2) is 18.1. The predicted molar refractivity (Wildman–Crippen MR) is 147 cm³/mol. The summed E-state index contributed by atoms with van der Waals surface area (Å²) in [6, 6.07) is -4.52. The maximum atomic E-state index is 11.9. The van der Waals surface area contributed by atoms with Crippen LogP contribution in [-0.2, 0) is 28.7 Å². The molecule has 8 unspecified atom stereocenters. The van der Waals surface area contributed by atoms with Crippen molar-refractivity contribution in [3.05, 3.63) is 0 Å². The lowest BCUT2D eigenvalue weighted by Gasteiger charge is -2.40. The van der Waals surface area contributed by atoms with Crippen molar-refractivity contribution in [2.45, 2.75) is 87.2 Å². The van der Waals surface area contributed by atoms with E-state index in [2.05, 4.69) is 46.5 Å². The molecule has 2 heterocycles. The average Bonchev–Trinajstić information content (AvgIpc) is 2.94. The Balaban J connectivity index is 0.000000420. The number of hydrogen-bond donors (Lipinski definition) is 14. The van der Waals surface area contributed by atoms with Crippen molar-refractivity contribution in [2.24, 2.45) is 0 Å². The Bertz CT molecular complexity index is 837. The van der Waals surface area contributed by atoms with E-state index in [-0.39, 0.29) is 11.5 Å². The molecule has 42 heavy (non-hydrogen) atoms. The van der Waals surface area contributed by atoms with Gasteiger partial charge in [-0.3, -0.25) is 19.2 Å². The van der Waals surface area contributed by atoms with E-state index in [4.69, 9.17) is 19.7 Å². The van der Waals surface area contributed by atoms with E-state index >= 15 is 0 Å². The number of carbonyl (C=O) groups is 4. The van der Waals surface area contributed by atoms with Crippen LogP contribution in [0.3, 0.4) is 0 Å². The molecule has 2 fully saturated rings. The minimum absolute atomic E-state index is 0.00694. The Morgan fingerprint density at radius 3 is 1.19 bits per heavy atom. The molecule has 0 aliphatic carbocycles. The largest absolute Gasteiger partial charge is 0.394 e. The number of ether oxygens (including phenoxy) is 2. The number of hydrogen-bond acceptors (Lipinski definition) is 16. The van der Waals surface area contributed by atoms with E-state index in [1.807, 2.05) is 0 Å². The summed E-state index contributed by atoms with van der Waals surface area (Å²) in [6.45, 7) is 1.27. The normalized spacial score (nSPS) is 34.1. The second-order valence-electron chi connectivity index (χ2n) is 9.40. The quantitative estimate of drug-likeness (QED) is 0.0980. The van der Waals surface area contributed by atoms with E-state index in [0.29, 0.717) is 0 Å². The van der Waals surface area contributed by atoms with Gasteiger partial charge in [0.15, 0.2) is 12.6 Å². The molecule has 0 aromatic carbocycles. The van der Waals surface area contributed by atoms with Gasteiger partial charge in [-0.25, -0.2) is 0 Å². The zero-order valence-electron chi connectivity index (χ0n) is 22.7. The molecular formula is C22H40N4O14S2. The highest BCUT2D eigenvalue weighted by Gasteiger charge is 2.46. The molecule has 4 amide bonds. The number of thiol groups is 2. The van der Waals surface area contributed by atoms with Gasteiger partial charge in [0.2, 0.25) is 23.6 Å². The van der Waals surface area contributed by atoms with E-state index in [0.717, 1.165) is 0 Å². The van der Waals surface area contributed by atoms with Crippen LogP contribution < -0.4 is 21.3 Å². The Hall–Kier alpha value is -1.82. The van der Waals surface area contributed by atoms with Gasteiger partial charge in [0.05, 0.1) is 13.2 Å². The molecule has 20 heteroatoms. The summed E-state index contributed by atoms with van der Waals surface area (Å²) in [5.41, 5.74) is 0. The fourth-order valence-corrected chi connectivity index (χ4v) is 4.43. The van der Waals surface area contributed by atoms with Crippen LogP contribution >= 0.6 is 25.3 Å². The molecule has 0 radical (unpaired) electrons. The summed E-state index contributed by atoms with van der Waals surface area (Å²) < 4.78 is 9.80. The summed E-state index contributed by atoms with van der Waals surface area (Å²) in [5, 5.41) is 85.7. The van der Waals surface area contributed by atoms with Gasteiger partial charge in [0, 0.05) is 25.4 Å². The molecule has 0 aromatic rings. The third-order valence-corrected chi connectivity index (χ3v) is 6.90. The first-order valence-corrected chi connectivity index (χ1v) is 13.9. The van der Waals surface area contributed by atoms with Crippen LogP contribution in [0.4, 0.5) is 0 Å². The third kappa shape index (κ3) is 10.7. The van der Waals surface area contributed by atoms with Gasteiger partial charge >= 0.3 is 0 Å². The molecule has 12 N–H and O–H groups in total. The summed E-state index contributed by atoms with van der Waals surface area (Å²) >= 11 is 7.85. The Morgan fingerprint density at radius 2 is 0.952 bits per heavy atom. The molecule has 2 rings (SSSR count). The number of carbonyl (C=O) groups excluding carboxylic acids is 4. The van der Waals surface area contributed by atoms with Crippen LogP contribution in [0.15, 0.2) is 0 Å². The van der Waals surface area contributed by atoms with Crippen LogP contribution in [0, 0.1) is 0 Å². The molecular weight excluding hydrogens is 608 g/mol. The first kappa shape index (κ1) is 38.2. The average molecular weight is 649 g/mol. The Labute approximate surface area is 251 Å². The van der Waals surface area contributed by atoms with Crippen molar-refractivity contribution in [3.8, 4) is 0 Å². The van der Waals surface area contributed by atoms with E-state index in [1.165, 1.54) is 13.8 Å². The van der Waals surface area contributed by atoms with Gasteiger partial charge in [0.1, 0.15) is 60.8 Å². The molecule has 2 saturated heterocycles. The summed E-state index contributed by atoms with van der Waals surface area (Å²) in [6.07, 6.45) is -11.5. The monoisotopic (exact) mass is 648 g/mol. The zero-order valence-corrected chi connectivity index (χ0v) is 24.5. The fourth-order valence-electron chi connectivity index (χ4n) is 3.91. The molecule has 12 atom stereocenters. The lowest BCUT2D eigenvalue weighted by atomic mass is 9.97. The first-order valence-electron chi connectivity index (χ1n) is 12.6. The molecule has 0 aromatic heterocycles. The SMILES string of the molecule is CC(=O)NC(CS)C(=O)NC1C(O)OC(CO)[C@@H](O)[C@@H]1O.CC(=O)NC(CS)C(=O)NC1C(O)OC(CO)[C@H](O)[C@@H]1O. The number of aliphatic hydroxyl groups is 8. The maximum Gasteiger partial charge on any atom is 0.243 e. The van der Waals surface area contributed by atoms with E-state index in [9.17, 15) is 49.8 Å². The smallest absolute Gasteiger partial charge is 0.243 e. The topological polar surface area (TPSA) is 297 Å². The van der Waals surface area contributed by atoms with Crippen molar-refractivity contribution in [2.75, 3.05) is 24.7 Å². The Kier molecular flexibility index (Phi) is 16.5. The van der Waals surface area contributed by atoms with E-state index < -0.39 is 110 Å². The predicted octanol–water partition coefficient (Wildman–Crippen LogP) is -7.33. The lowest BCUT2D eigenvalue weighted by molar-refractivity contribution is -0.254. The highest BCUT2D eigenvalue weighted by molar-refractivity contribution is 7.80. The summed E-state index contributed by atoms with van der Waals surface area (Å²) in [7, 11) is 0. The summed E-state index contributed by atoms with van der Waals surface area (Å²) in [4.78, 5) is 45.8. The van der Waals surface area contributed by atoms with Crippen molar-refractivity contribution < 1.29 is 69.5 Å². The van der Waals surface area contributed by atoms with Crippen LogP contribution in [0.2, 0.25) is 0 Å². The van der Waals surface area contributed by atoms with Gasteiger partial charge in [-0.1, -0.05) is 0 Å². The first-order chi connectivity index (χ1) is 19.6.